The van der Waals surface area contributed by atoms with Gasteiger partial charge in [-0.25, -0.2) is 0 Å². The van der Waals surface area contributed by atoms with E-state index < -0.39 is 5.97 Å². The molecule has 0 unspecified atom stereocenters. The van der Waals surface area contributed by atoms with Crippen LogP contribution in [-0.4, -0.2) is 40.5 Å². The molecule has 1 heterocycles. The van der Waals surface area contributed by atoms with E-state index in [2.05, 4.69) is 0 Å². The molecule has 0 atom stereocenters. The van der Waals surface area contributed by atoms with Crippen LogP contribution >= 0.6 is 0 Å². The molecule has 5 nitrogen and oxygen atoms in total. The Morgan fingerprint density at radius 3 is 2.40 bits per heavy atom. The van der Waals surface area contributed by atoms with Gasteiger partial charge < -0.3 is 15.7 Å². The van der Waals surface area contributed by atoms with Crippen LogP contribution in [0.3, 0.4) is 0 Å². The van der Waals surface area contributed by atoms with Crippen molar-refractivity contribution in [2.75, 3.05) is 13.1 Å². The summed E-state index contributed by atoms with van der Waals surface area (Å²) in [6.07, 6.45) is 3.30. The van der Waals surface area contributed by atoms with Crippen LogP contribution < -0.4 is 5.73 Å². The number of carbonyl (C=O) groups is 2. The molecule has 2 fully saturated rings. The Kier molecular flexibility index (Phi) is 2.42. The minimum atomic E-state index is -0.815. The summed E-state index contributed by atoms with van der Waals surface area (Å²) in [5, 5.41) is 8.66. The first kappa shape index (κ1) is 10.4. The second-order valence-electron chi connectivity index (χ2n) is 4.73. The number of amides is 1. The van der Waals surface area contributed by atoms with E-state index in [4.69, 9.17) is 10.8 Å². The number of rotatable bonds is 3. The fourth-order valence-corrected chi connectivity index (χ4v) is 2.06. The highest BCUT2D eigenvalue weighted by atomic mass is 16.4. The molecule has 0 aromatic rings. The van der Waals surface area contributed by atoms with Crippen LogP contribution in [0.1, 0.15) is 25.7 Å². The van der Waals surface area contributed by atoms with Gasteiger partial charge in [-0.05, 0) is 19.3 Å². The smallest absolute Gasteiger partial charge is 0.310 e. The number of carboxylic acids is 1. The standard InChI is InChI=1S/C10H16N2O3/c11-10(2-1-3-10)4-8(13)12-5-7(6-12)9(14)15/h7H,1-6,11H2,(H,14,15). The monoisotopic (exact) mass is 212 g/mol. The number of carboxylic acid groups (broad SMARTS) is 1. The van der Waals surface area contributed by atoms with Gasteiger partial charge in [0.05, 0.1) is 5.92 Å². The summed E-state index contributed by atoms with van der Waals surface area (Å²) in [5.74, 6) is -1.18. The first-order chi connectivity index (χ1) is 7.00. The van der Waals surface area contributed by atoms with Crippen LogP contribution in [0, 0.1) is 5.92 Å². The van der Waals surface area contributed by atoms with Gasteiger partial charge in [0.2, 0.25) is 5.91 Å². The second-order valence-corrected chi connectivity index (χ2v) is 4.73. The number of hydrogen-bond acceptors (Lipinski definition) is 3. The number of aliphatic carboxylic acids is 1. The molecule has 1 aliphatic carbocycles. The zero-order valence-corrected chi connectivity index (χ0v) is 8.61. The maximum atomic E-state index is 11.7. The van der Waals surface area contributed by atoms with Crippen molar-refractivity contribution in [1.82, 2.24) is 4.90 Å². The fourth-order valence-electron chi connectivity index (χ4n) is 2.06. The minimum absolute atomic E-state index is 0.00898. The third kappa shape index (κ3) is 1.97. The van der Waals surface area contributed by atoms with Crippen molar-refractivity contribution in [3.05, 3.63) is 0 Å². The van der Waals surface area contributed by atoms with Gasteiger partial charge >= 0.3 is 5.97 Å². The maximum Gasteiger partial charge on any atom is 0.310 e. The zero-order chi connectivity index (χ0) is 11.1. The molecule has 1 saturated carbocycles. The highest BCUT2D eigenvalue weighted by Crippen LogP contribution is 2.33. The molecule has 2 rings (SSSR count). The van der Waals surface area contributed by atoms with E-state index in [-0.39, 0.29) is 17.4 Å². The van der Waals surface area contributed by atoms with E-state index >= 15 is 0 Å². The Balaban J connectivity index is 1.77. The van der Waals surface area contributed by atoms with E-state index in [9.17, 15) is 9.59 Å². The summed E-state index contributed by atoms with van der Waals surface area (Å²) < 4.78 is 0. The molecule has 84 valence electrons. The maximum absolute atomic E-state index is 11.7. The summed E-state index contributed by atoms with van der Waals surface area (Å²) in [6.45, 7) is 0.703. The Labute approximate surface area is 88.2 Å². The van der Waals surface area contributed by atoms with Gasteiger partial charge in [0, 0.05) is 25.0 Å². The first-order valence-electron chi connectivity index (χ1n) is 5.30. The summed E-state index contributed by atoms with van der Waals surface area (Å²) in [4.78, 5) is 23.8. The molecule has 3 N–H and O–H groups in total. The predicted octanol–water partition coefficient (Wildman–Crippen LogP) is -0.199. The van der Waals surface area contributed by atoms with Crippen molar-refractivity contribution >= 4 is 11.9 Å². The summed E-state index contributed by atoms with van der Waals surface area (Å²) in [6, 6.07) is 0. The number of nitrogens with zero attached hydrogens (tertiary/aromatic N) is 1. The lowest BCUT2D eigenvalue weighted by Gasteiger charge is -2.42. The quantitative estimate of drug-likeness (QED) is 0.678. The number of nitrogens with two attached hydrogens (primary N) is 1. The van der Waals surface area contributed by atoms with E-state index in [1.807, 2.05) is 0 Å². The van der Waals surface area contributed by atoms with Crippen molar-refractivity contribution in [2.45, 2.75) is 31.2 Å². The topological polar surface area (TPSA) is 83.6 Å². The molecule has 2 aliphatic rings. The average Bonchev–Trinajstić information content (AvgIpc) is 1.97. The van der Waals surface area contributed by atoms with Gasteiger partial charge in [0.1, 0.15) is 0 Å². The molecular weight excluding hydrogens is 196 g/mol. The third-order valence-electron chi connectivity index (χ3n) is 3.44. The van der Waals surface area contributed by atoms with Crippen molar-refractivity contribution in [2.24, 2.45) is 11.7 Å². The van der Waals surface area contributed by atoms with Gasteiger partial charge in [0.25, 0.3) is 0 Å². The van der Waals surface area contributed by atoms with Crippen molar-refractivity contribution < 1.29 is 14.7 Å². The molecule has 0 aromatic carbocycles. The number of hydrogen-bond donors (Lipinski definition) is 2. The molecule has 15 heavy (non-hydrogen) atoms. The van der Waals surface area contributed by atoms with Gasteiger partial charge in [0.15, 0.2) is 0 Å². The molecule has 0 aromatic heterocycles. The summed E-state index contributed by atoms with van der Waals surface area (Å²) in [7, 11) is 0. The SMILES string of the molecule is NC1(CC(=O)N2CC(C(=O)O)C2)CCC1. The molecule has 5 heteroatoms. The number of carbonyl (C=O) groups excluding carboxylic acids is 1. The van der Waals surface area contributed by atoms with Crippen LogP contribution in [0.2, 0.25) is 0 Å². The largest absolute Gasteiger partial charge is 0.481 e. The lowest BCUT2D eigenvalue weighted by Crippen LogP contribution is -2.57. The lowest BCUT2D eigenvalue weighted by molar-refractivity contribution is -0.153. The van der Waals surface area contributed by atoms with E-state index in [1.165, 1.54) is 0 Å². The average molecular weight is 212 g/mol. The number of likely N-dealkylation sites (tertiary alicyclic amines) is 1. The van der Waals surface area contributed by atoms with Crippen LogP contribution in [0.15, 0.2) is 0 Å². The molecule has 1 aliphatic heterocycles. The normalized spacial score (nSPS) is 24.2. The highest BCUT2D eigenvalue weighted by molar-refractivity contribution is 5.81. The molecule has 0 bridgehead atoms. The molecule has 0 radical (unpaired) electrons. The molecule has 1 amide bonds. The van der Waals surface area contributed by atoms with E-state index in [1.54, 1.807) is 4.90 Å². The Hall–Kier alpha value is -1.10. The van der Waals surface area contributed by atoms with Gasteiger partial charge in [-0.3, -0.25) is 9.59 Å². The predicted molar refractivity (Wildman–Crippen MR) is 53.1 cm³/mol. The van der Waals surface area contributed by atoms with Crippen molar-refractivity contribution in [3.8, 4) is 0 Å². The molecular formula is C10H16N2O3. The fraction of sp³-hybridized carbons (Fsp3) is 0.800. The third-order valence-corrected chi connectivity index (χ3v) is 3.44. The second kappa shape index (κ2) is 3.48. The lowest BCUT2D eigenvalue weighted by atomic mass is 9.75. The van der Waals surface area contributed by atoms with E-state index in [0.717, 1.165) is 19.3 Å². The first-order valence-corrected chi connectivity index (χ1v) is 5.30. The molecule has 0 spiro atoms. The van der Waals surface area contributed by atoms with Crippen molar-refractivity contribution in [1.29, 1.82) is 0 Å². The van der Waals surface area contributed by atoms with Crippen LogP contribution in [0.5, 0.6) is 0 Å². The van der Waals surface area contributed by atoms with Gasteiger partial charge in [-0.2, -0.15) is 0 Å². The van der Waals surface area contributed by atoms with Crippen molar-refractivity contribution in [3.63, 3.8) is 0 Å². The highest BCUT2D eigenvalue weighted by Gasteiger charge is 2.40. The van der Waals surface area contributed by atoms with E-state index in [0.29, 0.717) is 19.5 Å². The Morgan fingerprint density at radius 1 is 1.40 bits per heavy atom. The van der Waals surface area contributed by atoms with Crippen LogP contribution in [-0.2, 0) is 9.59 Å². The van der Waals surface area contributed by atoms with Crippen LogP contribution in [0.25, 0.3) is 0 Å². The Morgan fingerprint density at radius 2 is 2.00 bits per heavy atom. The van der Waals surface area contributed by atoms with Gasteiger partial charge in [-0.15, -0.1) is 0 Å². The van der Waals surface area contributed by atoms with Crippen LogP contribution in [0.4, 0.5) is 0 Å². The molecule has 1 saturated heterocycles. The Bertz CT molecular complexity index is 293. The zero-order valence-electron chi connectivity index (χ0n) is 8.61. The summed E-state index contributed by atoms with van der Waals surface area (Å²) >= 11 is 0. The summed E-state index contributed by atoms with van der Waals surface area (Å²) in [5.41, 5.74) is 5.65. The minimum Gasteiger partial charge on any atom is -0.481 e. The van der Waals surface area contributed by atoms with Gasteiger partial charge in [-0.1, -0.05) is 0 Å².